The van der Waals surface area contributed by atoms with Crippen LogP contribution in [0, 0.1) is 0 Å². The molecule has 7 nitrogen and oxygen atoms in total. The minimum absolute atomic E-state index is 0.0481. The molecule has 10 heteroatoms. The predicted octanol–water partition coefficient (Wildman–Crippen LogP) is 2.52. The van der Waals surface area contributed by atoms with Gasteiger partial charge in [0.05, 0.1) is 6.04 Å². The number of nitrogens with one attached hydrogen (secondary N) is 2. The molecule has 172 valence electrons. The third kappa shape index (κ3) is 4.46. The van der Waals surface area contributed by atoms with Crippen LogP contribution < -0.4 is 10.6 Å². The summed E-state index contributed by atoms with van der Waals surface area (Å²) < 4.78 is 40.5. The highest BCUT2D eigenvalue weighted by Crippen LogP contribution is 2.29. The summed E-state index contributed by atoms with van der Waals surface area (Å²) in [6.07, 6.45) is -5.60. The van der Waals surface area contributed by atoms with Crippen molar-refractivity contribution in [3.05, 3.63) is 70.8 Å². The van der Waals surface area contributed by atoms with Crippen molar-refractivity contribution < 1.29 is 32.3 Å². The van der Waals surface area contributed by atoms with Crippen molar-refractivity contribution in [2.75, 3.05) is 0 Å². The molecule has 33 heavy (non-hydrogen) atoms. The number of nitrogens with zero attached hydrogens (tertiary/aromatic N) is 1. The molecule has 4 amide bonds. The van der Waals surface area contributed by atoms with E-state index >= 15 is 0 Å². The van der Waals surface area contributed by atoms with Gasteiger partial charge in [0.25, 0.3) is 18.2 Å². The number of halogens is 3. The van der Waals surface area contributed by atoms with E-state index in [0.29, 0.717) is 11.1 Å². The lowest BCUT2D eigenvalue weighted by atomic mass is 10.0. The summed E-state index contributed by atoms with van der Waals surface area (Å²) in [5.41, 5.74) is 1.03. The van der Waals surface area contributed by atoms with Crippen LogP contribution in [0.1, 0.15) is 50.7 Å². The van der Waals surface area contributed by atoms with Crippen molar-refractivity contribution in [2.45, 2.75) is 44.1 Å². The molecule has 0 saturated carbocycles. The monoisotopic (exact) mass is 459 g/mol. The Hall–Kier alpha value is -3.69. The maximum absolute atomic E-state index is 14.3. The number of imide groups is 1. The molecule has 0 radical (unpaired) electrons. The van der Waals surface area contributed by atoms with Gasteiger partial charge in [0.2, 0.25) is 11.8 Å². The lowest BCUT2D eigenvalue weighted by Gasteiger charge is -2.29. The summed E-state index contributed by atoms with van der Waals surface area (Å²) in [4.78, 5) is 50.4. The molecule has 0 spiro atoms. The van der Waals surface area contributed by atoms with E-state index in [4.69, 9.17) is 0 Å². The quantitative estimate of drug-likeness (QED) is 0.649. The molecule has 2 N–H and O–H groups in total. The maximum atomic E-state index is 14.3. The zero-order valence-corrected chi connectivity index (χ0v) is 17.3. The summed E-state index contributed by atoms with van der Waals surface area (Å²) in [5, 5.41) is 4.53. The average molecular weight is 459 g/mol. The summed E-state index contributed by atoms with van der Waals surface area (Å²) in [5.74, 6) is -2.14. The van der Waals surface area contributed by atoms with Crippen LogP contribution in [0.2, 0.25) is 0 Å². The molecule has 2 aromatic carbocycles. The fourth-order valence-electron chi connectivity index (χ4n) is 4.09. The number of amides is 4. The van der Waals surface area contributed by atoms with Crippen molar-refractivity contribution >= 4 is 23.6 Å². The van der Waals surface area contributed by atoms with Crippen LogP contribution in [0.5, 0.6) is 0 Å². The third-order valence-corrected chi connectivity index (χ3v) is 5.79. The molecule has 2 unspecified atom stereocenters. The number of benzene rings is 2. The summed E-state index contributed by atoms with van der Waals surface area (Å²) in [6.45, 7) is 0.0481. The molecule has 2 aliphatic heterocycles. The Labute approximate surface area is 186 Å². The Morgan fingerprint density at radius 2 is 1.79 bits per heavy atom. The van der Waals surface area contributed by atoms with Crippen molar-refractivity contribution in [3.63, 3.8) is 0 Å². The van der Waals surface area contributed by atoms with Crippen LogP contribution in [0.3, 0.4) is 0 Å². The van der Waals surface area contributed by atoms with Gasteiger partial charge in [-0.1, -0.05) is 30.3 Å². The third-order valence-electron chi connectivity index (χ3n) is 5.79. The number of hydrogen-bond acceptors (Lipinski definition) is 4. The van der Waals surface area contributed by atoms with Crippen LogP contribution in [-0.4, -0.2) is 47.2 Å². The Morgan fingerprint density at radius 3 is 2.45 bits per heavy atom. The zero-order valence-electron chi connectivity index (χ0n) is 17.3. The molecular formula is C23H20F3N3O4. The SMILES string of the molecule is O=C1CCC(N2Cc3cc(C(=O)N[C@@H](c4ccccc4)C(F)C(F)F)ccc3C2=O)C(=O)N1. The molecule has 0 aromatic heterocycles. The fraction of sp³-hybridized carbons (Fsp3) is 0.304. The number of piperidine rings is 1. The van der Waals surface area contributed by atoms with E-state index in [-0.39, 0.29) is 30.5 Å². The van der Waals surface area contributed by atoms with Gasteiger partial charge in [0.15, 0.2) is 6.17 Å². The molecule has 0 aliphatic carbocycles. The molecule has 1 fully saturated rings. The second kappa shape index (κ2) is 9.05. The van der Waals surface area contributed by atoms with E-state index in [1.807, 2.05) is 0 Å². The summed E-state index contributed by atoms with van der Waals surface area (Å²) in [6, 6.07) is 9.45. The van der Waals surface area contributed by atoms with E-state index in [9.17, 15) is 32.3 Å². The van der Waals surface area contributed by atoms with Crippen LogP contribution >= 0.6 is 0 Å². The smallest absolute Gasteiger partial charge is 0.271 e. The summed E-state index contributed by atoms with van der Waals surface area (Å²) >= 11 is 0. The van der Waals surface area contributed by atoms with Gasteiger partial charge in [-0.2, -0.15) is 0 Å². The van der Waals surface area contributed by atoms with Gasteiger partial charge in [-0.3, -0.25) is 24.5 Å². The van der Waals surface area contributed by atoms with E-state index < -0.39 is 48.3 Å². The zero-order chi connectivity index (χ0) is 23.7. The molecule has 2 aromatic rings. The van der Waals surface area contributed by atoms with E-state index in [1.54, 1.807) is 18.2 Å². The van der Waals surface area contributed by atoms with E-state index in [1.165, 1.54) is 35.2 Å². The number of hydrogen-bond donors (Lipinski definition) is 2. The Bertz CT molecular complexity index is 1110. The van der Waals surface area contributed by atoms with Crippen LogP contribution in [0.15, 0.2) is 48.5 Å². The van der Waals surface area contributed by atoms with Gasteiger partial charge in [-0.05, 0) is 35.7 Å². The molecule has 2 aliphatic rings. The minimum atomic E-state index is -3.30. The van der Waals surface area contributed by atoms with Crippen molar-refractivity contribution in [1.82, 2.24) is 15.5 Å². The molecule has 4 rings (SSSR count). The average Bonchev–Trinajstić information content (AvgIpc) is 3.13. The van der Waals surface area contributed by atoms with Crippen LogP contribution in [-0.2, 0) is 16.1 Å². The van der Waals surface area contributed by atoms with Crippen molar-refractivity contribution in [2.24, 2.45) is 0 Å². The highest BCUT2D eigenvalue weighted by Gasteiger charge is 2.39. The largest absolute Gasteiger partial charge is 0.342 e. The molecule has 1 saturated heterocycles. The van der Waals surface area contributed by atoms with Gasteiger partial charge >= 0.3 is 0 Å². The molecular weight excluding hydrogens is 439 g/mol. The normalized spacial score (nSPS) is 19.8. The Morgan fingerprint density at radius 1 is 1.06 bits per heavy atom. The lowest BCUT2D eigenvalue weighted by Crippen LogP contribution is -2.52. The number of alkyl halides is 3. The van der Waals surface area contributed by atoms with Crippen molar-refractivity contribution in [1.29, 1.82) is 0 Å². The van der Waals surface area contributed by atoms with Crippen LogP contribution in [0.4, 0.5) is 13.2 Å². The maximum Gasteiger partial charge on any atom is 0.271 e. The second-order valence-corrected chi connectivity index (χ2v) is 7.91. The van der Waals surface area contributed by atoms with E-state index in [0.717, 1.165) is 0 Å². The number of rotatable bonds is 6. The minimum Gasteiger partial charge on any atom is -0.342 e. The Kier molecular flexibility index (Phi) is 6.17. The fourth-order valence-corrected chi connectivity index (χ4v) is 4.09. The highest BCUT2D eigenvalue weighted by atomic mass is 19.3. The first-order chi connectivity index (χ1) is 15.8. The first-order valence-electron chi connectivity index (χ1n) is 10.3. The first kappa shape index (κ1) is 22.5. The predicted molar refractivity (Wildman–Crippen MR) is 110 cm³/mol. The topological polar surface area (TPSA) is 95.6 Å². The lowest BCUT2D eigenvalue weighted by molar-refractivity contribution is -0.136. The van der Waals surface area contributed by atoms with Gasteiger partial charge in [0, 0.05) is 24.1 Å². The number of fused-ring (bicyclic) bond motifs is 1. The first-order valence-corrected chi connectivity index (χ1v) is 10.3. The standard InChI is InChI=1S/C23H20F3N3O4/c24-18(20(25)26)19(12-4-2-1-3-5-12)28-21(31)13-6-7-15-14(10-13)11-29(23(15)33)16-8-9-17(30)27-22(16)32/h1-7,10,16,18-20H,8-9,11H2,(H,28,31)(H,27,30,32)/t16?,18?,19-/m0/s1. The molecule has 3 atom stereocenters. The van der Waals surface area contributed by atoms with Gasteiger partial charge in [-0.15, -0.1) is 0 Å². The highest BCUT2D eigenvalue weighted by molar-refractivity contribution is 6.06. The van der Waals surface area contributed by atoms with Gasteiger partial charge in [-0.25, -0.2) is 13.2 Å². The van der Waals surface area contributed by atoms with Crippen LogP contribution in [0.25, 0.3) is 0 Å². The number of carbonyl (C=O) groups excluding carboxylic acids is 4. The Balaban J connectivity index is 1.54. The molecule has 0 bridgehead atoms. The van der Waals surface area contributed by atoms with E-state index in [2.05, 4.69) is 10.6 Å². The van der Waals surface area contributed by atoms with Gasteiger partial charge < -0.3 is 10.2 Å². The number of carbonyl (C=O) groups is 4. The van der Waals surface area contributed by atoms with Gasteiger partial charge in [0.1, 0.15) is 6.04 Å². The second-order valence-electron chi connectivity index (χ2n) is 7.91. The molecule has 2 heterocycles. The van der Waals surface area contributed by atoms with Crippen molar-refractivity contribution in [3.8, 4) is 0 Å². The summed E-state index contributed by atoms with van der Waals surface area (Å²) in [7, 11) is 0.